The third kappa shape index (κ3) is 12.7. The molecule has 3 aromatic rings. The van der Waals surface area contributed by atoms with Gasteiger partial charge in [-0.25, -0.2) is 0 Å². The number of nitrogens with zero attached hydrogens (tertiary/aromatic N) is 2. The summed E-state index contributed by atoms with van der Waals surface area (Å²) >= 11 is 0. The van der Waals surface area contributed by atoms with E-state index in [2.05, 4.69) is 36.6 Å². The molecule has 17 heteroatoms. The average Bonchev–Trinajstić information content (AvgIpc) is 3.12. The van der Waals surface area contributed by atoms with Gasteiger partial charge in [-0.05, 0) is 59.7 Å². The van der Waals surface area contributed by atoms with Gasteiger partial charge in [-0.15, -0.1) is 0 Å². The molecule has 5 amide bonds. The zero-order chi connectivity index (χ0) is 38.3. The number of carbonyl (C=O) groups excluding carboxylic acids is 5. The number of nitrogens with two attached hydrogens (primary N) is 4. The summed E-state index contributed by atoms with van der Waals surface area (Å²) in [5.41, 5.74) is 23.2. The van der Waals surface area contributed by atoms with Crippen LogP contribution >= 0.6 is 0 Å². The van der Waals surface area contributed by atoms with Gasteiger partial charge in [-0.3, -0.25) is 34.0 Å². The molecule has 1 aliphatic rings. The number of aromatic hydroxyl groups is 1. The number of benzene rings is 3. The molecule has 1 heterocycles. The minimum Gasteiger partial charge on any atom is -0.508 e. The summed E-state index contributed by atoms with van der Waals surface area (Å²) in [6.45, 7) is -0.194. The Balaban J connectivity index is 1.68. The standard InChI is InChI=1S/C36H47N11O6/c37-35(38)41-15-3-7-26-32(51)45-27(8-4-16-42-36(39)40)33(52)47-28(18-21-10-13-25(48)14-11-21)31(50)43-20-30(49)44-29(34(53)46-26)19-22-9-12-23-5-1-2-6-24(23)17-22/h1-2,5-6,9-14,17,26-29,48H,3-4,7-8,15-16,18-20H2,(H,43,50)(H,44,49)(H,45,51)(H,46,53)(H,47,52)(H4,37,38,41)(H4,39,40,42)/t26-,27-,28-,29+/m0/s1. The number of fused-ring (bicyclic) bond motifs is 1. The van der Waals surface area contributed by atoms with Gasteiger partial charge in [-0.2, -0.15) is 0 Å². The van der Waals surface area contributed by atoms with E-state index in [1.165, 1.54) is 12.1 Å². The fraction of sp³-hybridized carbons (Fsp3) is 0.361. The normalized spacial score (nSPS) is 20.0. The molecule has 282 valence electrons. The maximum absolute atomic E-state index is 13.9. The van der Waals surface area contributed by atoms with Crippen molar-refractivity contribution in [3.8, 4) is 5.75 Å². The molecule has 17 nitrogen and oxygen atoms in total. The molecule has 1 saturated heterocycles. The highest BCUT2D eigenvalue weighted by atomic mass is 16.3. The lowest BCUT2D eigenvalue weighted by molar-refractivity contribution is -0.134. The van der Waals surface area contributed by atoms with Crippen molar-refractivity contribution in [2.75, 3.05) is 19.6 Å². The van der Waals surface area contributed by atoms with Crippen LogP contribution in [0.25, 0.3) is 10.8 Å². The van der Waals surface area contributed by atoms with E-state index in [0.717, 1.165) is 16.3 Å². The number of hydrogen-bond donors (Lipinski definition) is 10. The first-order valence-electron chi connectivity index (χ1n) is 17.2. The first-order valence-corrected chi connectivity index (χ1v) is 17.2. The van der Waals surface area contributed by atoms with Gasteiger partial charge in [0.2, 0.25) is 29.5 Å². The Labute approximate surface area is 306 Å². The van der Waals surface area contributed by atoms with Gasteiger partial charge < -0.3 is 54.6 Å². The number of rotatable bonds is 12. The number of amides is 5. The van der Waals surface area contributed by atoms with E-state index in [4.69, 9.17) is 22.9 Å². The predicted octanol–water partition coefficient (Wildman–Crippen LogP) is -1.49. The molecule has 14 N–H and O–H groups in total. The van der Waals surface area contributed by atoms with Crippen LogP contribution in [0.1, 0.15) is 36.8 Å². The molecule has 1 aliphatic heterocycles. The molecule has 0 unspecified atom stereocenters. The summed E-state index contributed by atoms with van der Waals surface area (Å²) in [5.74, 6) is -3.66. The van der Waals surface area contributed by atoms with E-state index in [9.17, 15) is 29.1 Å². The van der Waals surface area contributed by atoms with Crippen molar-refractivity contribution in [1.82, 2.24) is 26.6 Å². The highest BCUT2D eigenvalue weighted by Crippen LogP contribution is 2.17. The molecule has 1 fully saturated rings. The summed E-state index contributed by atoms with van der Waals surface area (Å²) in [7, 11) is 0. The molecule has 0 saturated carbocycles. The fourth-order valence-corrected chi connectivity index (χ4v) is 5.79. The minimum absolute atomic E-state index is 0.00775. The second-order valence-corrected chi connectivity index (χ2v) is 12.7. The van der Waals surface area contributed by atoms with Crippen molar-refractivity contribution in [1.29, 1.82) is 0 Å². The largest absolute Gasteiger partial charge is 0.508 e. The molecule has 0 aromatic heterocycles. The van der Waals surface area contributed by atoms with Crippen molar-refractivity contribution >= 4 is 52.2 Å². The van der Waals surface area contributed by atoms with E-state index in [-0.39, 0.29) is 69.3 Å². The Kier molecular flexibility index (Phi) is 14.3. The smallest absolute Gasteiger partial charge is 0.243 e. The second kappa shape index (κ2) is 19.3. The third-order valence-corrected chi connectivity index (χ3v) is 8.49. The average molecular weight is 730 g/mol. The van der Waals surface area contributed by atoms with Gasteiger partial charge in [0.25, 0.3) is 0 Å². The van der Waals surface area contributed by atoms with Crippen LogP contribution in [0.5, 0.6) is 5.75 Å². The van der Waals surface area contributed by atoms with Crippen LogP contribution in [0.2, 0.25) is 0 Å². The van der Waals surface area contributed by atoms with Crippen LogP contribution in [0.4, 0.5) is 0 Å². The summed E-state index contributed by atoms with van der Waals surface area (Å²) in [6.07, 6.45) is 0.769. The highest BCUT2D eigenvalue weighted by Gasteiger charge is 2.32. The zero-order valence-corrected chi connectivity index (χ0v) is 29.2. The van der Waals surface area contributed by atoms with E-state index < -0.39 is 60.2 Å². The fourth-order valence-electron chi connectivity index (χ4n) is 5.79. The van der Waals surface area contributed by atoms with Gasteiger partial charge in [-0.1, -0.05) is 54.6 Å². The summed E-state index contributed by atoms with van der Waals surface area (Å²) in [5, 5.41) is 25.1. The molecule has 0 radical (unpaired) electrons. The first kappa shape index (κ1) is 39.4. The van der Waals surface area contributed by atoms with Gasteiger partial charge >= 0.3 is 0 Å². The molecule has 3 aromatic carbocycles. The van der Waals surface area contributed by atoms with Gasteiger partial charge in [0.05, 0.1) is 6.54 Å². The van der Waals surface area contributed by atoms with Crippen LogP contribution in [-0.2, 0) is 36.8 Å². The van der Waals surface area contributed by atoms with Crippen LogP contribution in [-0.4, -0.2) is 90.4 Å². The third-order valence-electron chi connectivity index (χ3n) is 8.49. The molecule has 4 rings (SSSR count). The van der Waals surface area contributed by atoms with Crippen molar-refractivity contribution in [2.24, 2.45) is 32.9 Å². The number of carbonyl (C=O) groups is 5. The zero-order valence-electron chi connectivity index (χ0n) is 29.2. The molecule has 0 spiro atoms. The van der Waals surface area contributed by atoms with Crippen LogP contribution in [0.15, 0.2) is 76.7 Å². The van der Waals surface area contributed by atoms with Crippen LogP contribution in [0.3, 0.4) is 0 Å². The second-order valence-electron chi connectivity index (χ2n) is 12.7. The minimum atomic E-state index is -1.19. The van der Waals surface area contributed by atoms with E-state index in [1.807, 2.05) is 42.5 Å². The molecule has 53 heavy (non-hydrogen) atoms. The maximum atomic E-state index is 13.9. The summed E-state index contributed by atoms with van der Waals surface area (Å²) in [4.78, 5) is 76.4. The van der Waals surface area contributed by atoms with Gasteiger partial charge in [0, 0.05) is 25.9 Å². The Hall–Kier alpha value is -6.39. The monoisotopic (exact) mass is 729 g/mol. The van der Waals surface area contributed by atoms with E-state index in [0.29, 0.717) is 5.56 Å². The number of phenols is 1. The van der Waals surface area contributed by atoms with Crippen molar-refractivity contribution in [3.63, 3.8) is 0 Å². The SMILES string of the molecule is NC(N)=NCCC[C@@H]1NC(=O)[C@H](CCCN=C(N)N)NC(=O)[C@@H](Cc2ccc3ccccc3c2)NC(=O)CNC(=O)[C@H](Cc2ccc(O)cc2)NC1=O. The van der Waals surface area contributed by atoms with Crippen LogP contribution < -0.4 is 49.5 Å². The Morgan fingerprint density at radius 1 is 0.604 bits per heavy atom. The maximum Gasteiger partial charge on any atom is 0.243 e. The van der Waals surface area contributed by atoms with Gasteiger partial charge in [0.1, 0.15) is 29.9 Å². The van der Waals surface area contributed by atoms with Crippen molar-refractivity contribution < 1.29 is 29.1 Å². The number of phenolic OH excluding ortho intramolecular Hbond substituents is 1. The van der Waals surface area contributed by atoms with Gasteiger partial charge in [0.15, 0.2) is 11.9 Å². The van der Waals surface area contributed by atoms with Crippen molar-refractivity contribution in [2.45, 2.75) is 62.7 Å². The predicted molar refractivity (Wildman–Crippen MR) is 200 cm³/mol. The quantitative estimate of drug-likeness (QED) is 0.0585. The number of hydrogen-bond acceptors (Lipinski definition) is 8. The lowest BCUT2D eigenvalue weighted by Gasteiger charge is -2.26. The molecule has 4 atom stereocenters. The number of aliphatic imine (C=N–C) groups is 2. The van der Waals surface area contributed by atoms with Crippen LogP contribution in [0, 0.1) is 0 Å². The molecule has 0 bridgehead atoms. The molecular weight excluding hydrogens is 682 g/mol. The van der Waals surface area contributed by atoms with E-state index >= 15 is 0 Å². The number of nitrogens with one attached hydrogen (secondary N) is 5. The Morgan fingerprint density at radius 3 is 1.68 bits per heavy atom. The van der Waals surface area contributed by atoms with Crippen molar-refractivity contribution in [3.05, 3.63) is 77.9 Å². The molecular formula is C36H47N11O6. The Bertz CT molecular complexity index is 1820. The summed E-state index contributed by atoms with van der Waals surface area (Å²) in [6, 6.07) is 14.7. The highest BCUT2D eigenvalue weighted by molar-refractivity contribution is 5.97. The first-order chi connectivity index (χ1) is 25.4. The lowest BCUT2D eigenvalue weighted by Crippen LogP contribution is -2.58. The topological polar surface area (TPSA) is 295 Å². The number of guanidine groups is 2. The lowest BCUT2D eigenvalue weighted by atomic mass is 10.0. The van der Waals surface area contributed by atoms with E-state index in [1.54, 1.807) is 12.1 Å². The Morgan fingerprint density at radius 2 is 1.09 bits per heavy atom. The summed E-state index contributed by atoms with van der Waals surface area (Å²) < 4.78 is 0. The molecule has 0 aliphatic carbocycles.